The minimum Gasteiger partial charge on any atom is -0.451 e. The summed E-state index contributed by atoms with van der Waals surface area (Å²) >= 11 is 6.15. The number of pyridine rings is 1. The molecule has 0 aliphatic carbocycles. The third-order valence-corrected chi connectivity index (χ3v) is 6.81. The van der Waals surface area contributed by atoms with Gasteiger partial charge in [-0.3, -0.25) is 9.78 Å². The Labute approximate surface area is 199 Å². The summed E-state index contributed by atoms with van der Waals surface area (Å²) in [7, 11) is -1.59. The van der Waals surface area contributed by atoms with Gasteiger partial charge in [-0.25, -0.2) is 9.19 Å². The van der Waals surface area contributed by atoms with Gasteiger partial charge in [0.15, 0.2) is 12.2 Å². The van der Waals surface area contributed by atoms with Gasteiger partial charge < -0.3 is 9.14 Å². The molecule has 0 radical (unpaired) electrons. The lowest BCUT2D eigenvalue weighted by atomic mass is 9.82. The van der Waals surface area contributed by atoms with Crippen LogP contribution in [0.15, 0.2) is 82.8 Å². The van der Waals surface area contributed by atoms with Crippen LogP contribution in [-0.2, 0) is 16.4 Å². The van der Waals surface area contributed by atoms with Crippen molar-refractivity contribution in [1.29, 1.82) is 0 Å². The van der Waals surface area contributed by atoms with Gasteiger partial charge in [-0.15, -0.1) is 0 Å². The van der Waals surface area contributed by atoms with Crippen molar-refractivity contribution in [1.82, 2.24) is 9.97 Å². The monoisotopic (exact) mass is 479 g/mol. The first-order chi connectivity index (χ1) is 15.8. The maximum atomic E-state index is 13.1. The Bertz CT molecular complexity index is 1300. The molecule has 2 heterocycles. The van der Waals surface area contributed by atoms with Crippen molar-refractivity contribution in [2.45, 2.75) is 31.1 Å². The molecule has 0 bridgehead atoms. The lowest BCUT2D eigenvalue weighted by Gasteiger charge is -2.22. The molecule has 2 aromatic carbocycles. The number of carbonyl (C=O) groups excluding carboxylic acids is 1. The summed E-state index contributed by atoms with van der Waals surface area (Å²) in [6, 6.07) is 15.7. The van der Waals surface area contributed by atoms with Gasteiger partial charge in [0.2, 0.25) is 0 Å². The van der Waals surface area contributed by atoms with Gasteiger partial charge in [0.25, 0.3) is 0 Å². The van der Waals surface area contributed by atoms with Crippen molar-refractivity contribution in [3.05, 3.63) is 107 Å². The first-order valence-corrected chi connectivity index (χ1v) is 11.7. The Morgan fingerprint density at radius 3 is 2.45 bits per heavy atom. The van der Waals surface area contributed by atoms with E-state index in [-0.39, 0.29) is 11.2 Å². The Kier molecular flexibility index (Phi) is 6.44. The third kappa shape index (κ3) is 4.89. The number of aryl methyl sites for hydroxylation is 1. The van der Waals surface area contributed by atoms with Crippen LogP contribution in [0, 0.1) is 6.92 Å². The van der Waals surface area contributed by atoms with Crippen LogP contribution in [0.1, 0.15) is 46.7 Å². The standard InChI is InChI=1S/C25H22ClN3O3S/c1-16-4-5-17(13-27-16)24(30)21-12-19(26)8-11-22(21)29-33(31)20-9-6-18(7-10-20)25(2,3)23-14-32-15-28-23/h4-15,29H,1-3H3. The fourth-order valence-electron chi connectivity index (χ4n) is 3.37. The van der Waals surface area contributed by atoms with Gasteiger partial charge in [-0.05, 0) is 55.0 Å². The van der Waals surface area contributed by atoms with Crippen LogP contribution in [-0.4, -0.2) is 20.0 Å². The van der Waals surface area contributed by atoms with E-state index in [1.807, 2.05) is 32.9 Å². The number of rotatable bonds is 7. The molecule has 4 rings (SSSR count). The van der Waals surface area contributed by atoms with Crippen LogP contribution in [0.5, 0.6) is 0 Å². The largest absolute Gasteiger partial charge is 0.451 e. The second-order valence-corrected chi connectivity index (χ2v) is 9.75. The molecule has 0 spiro atoms. The molecule has 1 N–H and O–H groups in total. The Morgan fingerprint density at radius 1 is 1.06 bits per heavy atom. The van der Waals surface area contributed by atoms with Crippen molar-refractivity contribution in [3.8, 4) is 0 Å². The van der Waals surface area contributed by atoms with Gasteiger partial charge in [-0.1, -0.05) is 37.6 Å². The van der Waals surface area contributed by atoms with Crippen molar-refractivity contribution in [2.24, 2.45) is 0 Å². The number of aromatic nitrogens is 2. The fourth-order valence-corrected chi connectivity index (χ4v) is 4.43. The lowest BCUT2D eigenvalue weighted by Crippen LogP contribution is -2.19. The number of ketones is 1. The van der Waals surface area contributed by atoms with E-state index in [2.05, 4.69) is 14.7 Å². The van der Waals surface area contributed by atoms with E-state index in [9.17, 15) is 9.00 Å². The van der Waals surface area contributed by atoms with E-state index >= 15 is 0 Å². The summed E-state index contributed by atoms with van der Waals surface area (Å²) in [6.07, 6.45) is 4.55. The summed E-state index contributed by atoms with van der Waals surface area (Å²) in [5.41, 5.74) is 3.44. The molecule has 0 fully saturated rings. The molecule has 1 atom stereocenters. The molecule has 0 saturated carbocycles. The molecule has 2 aromatic heterocycles. The van der Waals surface area contributed by atoms with E-state index in [0.29, 0.717) is 26.7 Å². The molecular formula is C25H22ClN3O3S. The van der Waals surface area contributed by atoms with Crippen LogP contribution in [0.4, 0.5) is 5.69 Å². The van der Waals surface area contributed by atoms with Crippen molar-refractivity contribution in [3.63, 3.8) is 0 Å². The Hall–Kier alpha value is -3.29. The van der Waals surface area contributed by atoms with Gasteiger partial charge >= 0.3 is 0 Å². The highest BCUT2D eigenvalue weighted by molar-refractivity contribution is 7.86. The molecule has 0 amide bonds. The van der Waals surface area contributed by atoms with Crippen LogP contribution < -0.4 is 4.72 Å². The highest BCUT2D eigenvalue weighted by Gasteiger charge is 2.26. The maximum absolute atomic E-state index is 13.1. The number of hydrogen-bond acceptors (Lipinski definition) is 5. The number of oxazole rings is 1. The second-order valence-electron chi connectivity index (χ2n) is 8.10. The predicted octanol–water partition coefficient (Wildman–Crippen LogP) is 5.72. The summed E-state index contributed by atoms with van der Waals surface area (Å²) in [5, 5.41) is 0.411. The minimum atomic E-state index is -1.59. The van der Waals surface area contributed by atoms with E-state index in [0.717, 1.165) is 17.0 Å². The zero-order valence-electron chi connectivity index (χ0n) is 18.3. The molecule has 33 heavy (non-hydrogen) atoms. The Balaban J connectivity index is 1.58. The average Bonchev–Trinajstić information content (AvgIpc) is 3.36. The Morgan fingerprint density at radius 2 is 1.82 bits per heavy atom. The molecule has 4 aromatic rings. The predicted molar refractivity (Wildman–Crippen MR) is 129 cm³/mol. The molecule has 6 nitrogen and oxygen atoms in total. The summed E-state index contributed by atoms with van der Waals surface area (Å²) in [4.78, 5) is 22.1. The molecule has 0 saturated heterocycles. The normalized spacial score (nSPS) is 12.4. The van der Waals surface area contributed by atoms with Crippen LogP contribution in [0.2, 0.25) is 5.02 Å². The summed E-state index contributed by atoms with van der Waals surface area (Å²) < 4.78 is 21.1. The highest BCUT2D eigenvalue weighted by Crippen LogP contribution is 2.31. The number of nitrogens with zero attached hydrogens (tertiary/aromatic N) is 2. The van der Waals surface area contributed by atoms with Crippen molar-refractivity contribution in [2.75, 3.05) is 4.72 Å². The van der Waals surface area contributed by atoms with Gasteiger partial charge in [-0.2, -0.15) is 0 Å². The number of benzene rings is 2. The molecule has 0 aliphatic rings. The first kappa shape index (κ1) is 22.9. The SMILES string of the molecule is Cc1ccc(C(=O)c2cc(Cl)ccc2NS(=O)c2ccc(C(C)(C)c3cocn3)cc2)cn1. The second kappa shape index (κ2) is 9.29. The molecule has 0 aliphatic heterocycles. The summed E-state index contributed by atoms with van der Waals surface area (Å²) in [5.74, 6) is -0.255. The number of nitrogens with one attached hydrogen (secondary N) is 1. The van der Waals surface area contributed by atoms with E-state index in [4.69, 9.17) is 16.0 Å². The van der Waals surface area contributed by atoms with Crippen LogP contribution in [0.25, 0.3) is 0 Å². The number of hydrogen-bond donors (Lipinski definition) is 1. The topological polar surface area (TPSA) is 85.1 Å². The summed E-state index contributed by atoms with van der Waals surface area (Å²) in [6.45, 7) is 5.93. The maximum Gasteiger partial charge on any atom is 0.196 e. The highest BCUT2D eigenvalue weighted by atomic mass is 35.5. The van der Waals surface area contributed by atoms with Gasteiger partial charge in [0.05, 0.1) is 16.3 Å². The van der Waals surface area contributed by atoms with Crippen molar-refractivity contribution >= 4 is 34.1 Å². The lowest BCUT2D eigenvalue weighted by molar-refractivity contribution is 0.103. The zero-order chi connectivity index (χ0) is 23.6. The van der Waals surface area contributed by atoms with E-state index in [1.54, 1.807) is 48.7 Å². The fraction of sp³-hybridized carbons (Fsp3) is 0.160. The smallest absolute Gasteiger partial charge is 0.196 e. The van der Waals surface area contributed by atoms with Crippen LogP contribution >= 0.6 is 11.6 Å². The zero-order valence-corrected chi connectivity index (χ0v) is 19.9. The van der Waals surface area contributed by atoms with Gasteiger partial charge in [0.1, 0.15) is 17.2 Å². The first-order valence-electron chi connectivity index (χ1n) is 10.2. The molecule has 8 heteroatoms. The van der Waals surface area contributed by atoms with Crippen molar-refractivity contribution < 1.29 is 13.4 Å². The molecule has 1 unspecified atom stereocenters. The van der Waals surface area contributed by atoms with E-state index < -0.39 is 11.0 Å². The molecule has 168 valence electrons. The molecular weight excluding hydrogens is 458 g/mol. The minimum absolute atomic E-state index is 0.255. The number of halogens is 1. The van der Waals surface area contributed by atoms with Gasteiger partial charge in [0, 0.05) is 33.5 Å². The quantitative estimate of drug-likeness (QED) is 0.342. The van der Waals surface area contributed by atoms with Crippen LogP contribution in [0.3, 0.4) is 0 Å². The average molecular weight is 480 g/mol. The third-order valence-electron chi connectivity index (χ3n) is 5.47. The number of carbonyl (C=O) groups is 1. The number of anilines is 1. The van der Waals surface area contributed by atoms with E-state index in [1.165, 1.54) is 12.6 Å².